The number of aliphatic hydroxyl groups is 2. The quantitative estimate of drug-likeness (QED) is 0.599. The van der Waals surface area contributed by atoms with Gasteiger partial charge in [0, 0.05) is 5.41 Å². The van der Waals surface area contributed by atoms with Crippen LogP contribution in [0.3, 0.4) is 0 Å². The van der Waals surface area contributed by atoms with Crippen molar-refractivity contribution in [2.75, 3.05) is 0 Å². The number of fused-ring (bicyclic) bond motifs is 2. The molecule has 2 nitrogen and oxygen atoms in total. The number of aliphatic hydroxyl groups excluding tert-OH is 1. The Morgan fingerprint density at radius 2 is 1.62 bits per heavy atom. The maximum Gasteiger partial charge on any atom is 0.0683 e. The molecule has 13 heavy (non-hydrogen) atoms. The van der Waals surface area contributed by atoms with Crippen molar-refractivity contribution in [3.63, 3.8) is 0 Å². The van der Waals surface area contributed by atoms with E-state index in [-0.39, 0.29) is 22.9 Å². The third kappa shape index (κ3) is 0.816. The fourth-order valence-corrected chi connectivity index (χ4v) is 3.67. The summed E-state index contributed by atoms with van der Waals surface area (Å²) in [5.74, 6) is 0.271. The van der Waals surface area contributed by atoms with E-state index in [0.717, 1.165) is 12.8 Å². The van der Waals surface area contributed by atoms with Crippen LogP contribution in [-0.4, -0.2) is 21.9 Å². The Morgan fingerprint density at radius 1 is 1.08 bits per heavy atom. The maximum atomic E-state index is 10.3. The highest BCUT2D eigenvalue weighted by atomic mass is 16.3. The molecule has 0 aromatic rings. The Hall–Kier alpha value is -0.0800. The molecule has 2 aliphatic rings. The predicted octanol–water partition coefficient (Wildman–Crippen LogP) is 1.55. The summed E-state index contributed by atoms with van der Waals surface area (Å²) in [7, 11) is 0. The lowest BCUT2D eigenvalue weighted by Gasteiger charge is -2.43. The van der Waals surface area contributed by atoms with E-state index in [9.17, 15) is 10.2 Å². The van der Waals surface area contributed by atoms with Crippen LogP contribution in [0.25, 0.3) is 0 Å². The van der Waals surface area contributed by atoms with Gasteiger partial charge in [-0.3, -0.25) is 0 Å². The van der Waals surface area contributed by atoms with Crippen LogP contribution < -0.4 is 0 Å². The Morgan fingerprint density at radius 3 is 1.85 bits per heavy atom. The van der Waals surface area contributed by atoms with Gasteiger partial charge in [0.05, 0.1) is 11.7 Å². The van der Waals surface area contributed by atoms with Crippen LogP contribution in [0, 0.1) is 16.7 Å². The van der Waals surface area contributed by atoms with Crippen LogP contribution in [-0.2, 0) is 0 Å². The van der Waals surface area contributed by atoms with Gasteiger partial charge in [-0.05, 0) is 31.1 Å². The van der Waals surface area contributed by atoms with Gasteiger partial charge >= 0.3 is 0 Å². The molecule has 0 aliphatic heterocycles. The topological polar surface area (TPSA) is 40.5 Å². The normalized spacial score (nSPS) is 58.6. The molecule has 2 rings (SSSR count). The second-order valence-corrected chi connectivity index (χ2v) is 5.91. The molecule has 0 spiro atoms. The fourth-order valence-electron chi connectivity index (χ4n) is 3.67. The van der Waals surface area contributed by atoms with Crippen molar-refractivity contribution >= 4 is 0 Å². The van der Waals surface area contributed by atoms with Crippen molar-refractivity contribution in [3.8, 4) is 0 Å². The zero-order valence-corrected chi connectivity index (χ0v) is 8.96. The lowest BCUT2D eigenvalue weighted by atomic mass is 9.65. The van der Waals surface area contributed by atoms with Gasteiger partial charge in [-0.1, -0.05) is 20.8 Å². The van der Waals surface area contributed by atoms with E-state index in [1.807, 2.05) is 6.92 Å². The van der Waals surface area contributed by atoms with E-state index in [1.165, 1.54) is 0 Å². The van der Waals surface area contributed by atoms with Crippen LogP contribution in [0.4, 0.5) is 0 Å². The van der Waals surface area contributed by atoms with E-state index in [2.05, 4.69) is 20.8 Å². The minimum atomic E-state index is -0.597. The van der Waals surface area contributed by atoms with Gasteiger partial charge in [0.25, 0.3) is 0 Å². The highest BCUT2D eigenvalue weighted by Crippen LogP contribution is 2.69. The average molecular weight is 184 g/mol. The summed E-state index contributed by atoms with van der Waals surface area (Å²) in [4.78, 5) is 0. The number of rotatable bonds is 0. The van der Waals surface area contributed by atoms with Gasteiger partial charge in [0.1, 0.15) is 0 Å². The first-order valence-corrected chi connectivity index (χ1v) is 5.13. The summed E-state index contributed by atoms with van der Waals surface area (Å²) in [6.45, 7) is 8.38. The largest absolute Gasteiger partial charge is 0.393 e. The highest BCUT2D eigenvalue weighted by Gasteiger charge is 2.69. The van der Waals surface area contributed by atoms with Crippen molar-refractivity contribution in [1.82, 2.24) is 0 Å². The minimum absolute atomic E-state index is 0.0654. The molecule has 0 aromatic carbocycles. The predicted molar refractivity (Wildman–Crippen MR) is 51.2 cm³/mol. The zero-order chi connectivity index (χ0) is 10.1. The molecule has 0 heterocycles. The molecule has 2 heteroatoms. The Labute approximate surface area is 80.0 Å². The van der Waals surface area contributed by atoms with Crippen LogP contribution in [0.15, 0.2) is 0 Å². The average Bonchev–Trinajstić information content (AvgIpc) is 2.17. The second-order valence-electron chi connectivity index (χ2n) is 5.91. The van der Waals surface area contributed by atoms with E-state index in [1.54, 1.807) is 0 Å². The molecule has 0 amide bonds. The van der Waals surface area contributed by atoms with Gasteiger partial charge < -0.3 is 10.2 Å². The van der Waals surface area contributed by atoms with Crippen molar-refractivity contribution in [3.05, 3.63) is 0 Å². The molecule has 2 saturated carbocycles. The first-order valence-electron chi connectivity index (χ1n) is 5.13. The first kappa shape index (κ1) is 9.47. The summed E-state index contributed by atoms with van der Waals surface area (Å²) in [5.41, 5.74) is -0.652. The Bertz CT molecular complexity index is 244. The molecular formula is C11H20O2. The maximum absolute atomic E-state index is 10.3. The van der Waals surface area contributed by atoms with Crippen LogP contribution in [0.1, 0.15) is 40.5 Å². The van der Waals surface area contributed by atoms with Crippen LogP contribution in [0.2, 0.25) is 0 Å². The third-order valence-electron chi connectivity index (χ3n) is 5.24. The van der Waals surface area contributed by atoms with E-state index in [0.29, 0.717) is 0 Å². The minimum Gasteiger partial charge on any atom is -0.393 e. The molecule has 0 aromatic heterocycles. The Balaban J connectivity index is 2.48. The van der Waals surface area contributed by atoms with Gasteiger partial charge in [0.15, 0.2) is 0 Å². The number of hydrogen-bond donors (Lipinski definition) is 2. The monoisotopic (exact) mass is 184 g/mol. The van der Waals surface area contributed by atoms with Gasteiger partial charge in [-0.15, -0.1) is 0 Å². The standard InChI is InChI=1S/C11H20O2/c1-9(2)7-5-11(4,13)10(9,3)6-8(7)12/h7-8,12-13H,5-6H2,1-4H3/t7-,8+,10-,11+/m0/s1. The summed E-state index contributed by atoms with van der Waals surface area (Å²) in [6, 6.07) is 0. The lowest BCUT2D eigenvalue weighted by molar-refractivity contribution is -0.0885. The first-order chi connectivity index (χ1) is 5.72. The van der Waals surface area contributed by atoms with Crippen LogP contribution in [0.5, 0.6) is 0 Å². The van der Waals surface area contributed by atoms with E-state index >= 15 is 0 Å². The second kappa shape index (κ2) is 2.12. The molecule has 0 unspecified atom stereocenters. The van der Waals surface area contributed by atoms with Crippen LogP contribution >= 0.6 is 0 Å². The molecule has 2 aliphatic carbocycles. The lowest BCUT2D eigenvalue weighted by Crippen LogP contribution is -2.45. The third-order valence-corrected chi connectivity index (χ3v) is 5.24. The molecule has 0 saturated heterocycles. The molecule has 2 bridgehead atoms. The number of hydrogen-bond acceptors (Lipinski definition) is 2. The summed E-state index contributed by atoms with van der Waals surface area (Å²) in [6.07, 6.45) is 1.29. The van der Waals surface area contributed by atoms with Crippen molar-refractivity contribution < 1.29 is 10.2 Å². The molecule has 2 N–H and O–H groups in total. The molecule has 76 valence electrons. The smallest absolute Gasteiger partial charge is 0.0683 e. The van der Waals surface area contributed by atoms with E-state index < -0.39 is 5.60 Å². The van der Waals surface area contributed by atoms with Crippen molar-refractivity contribution in [2.24, 2.45) is 16.7 Å². The summed E-state index contributed by atoms with van der Waals surface area (Å²) in [5, 5.41) is 20.1. The highest BCUT2D eigenvalue weighted by molar-refractivity contribution is 5.19. The van der Waals surface area contributed by atoms with Crippen molar-refractivity contribution in [2.45, 2.75) is 52.2 Å². The molecule has 0 radical (unpaired) electrons. The van der Waals surface area contributed by atoms with Gasteiger partial charge in [-0.25, -0.2) is 0 Å². The zero-order valence-electron chi connectivity index (χ0n) is 8.96. The van der Waals surface area contributed by atoms with Crippen molar-refractivity contribution in [1.29, 1.82) is 0 Å². The summed E-state index contributed by atoms with van der Waals surface area (Å²) < 4.78 is 0. The molecule has 4 atom stereocenters. The summed E-state index contributed by atoms with van der Waals surface area (Å²) >= 11 is 0. The van der Waals surface area contributed by atoms with E-state index in [4.69, 9.17) is 0 Å². The van der Waals surface area contributed by atoms with Gasteiger partial charge in [0.2, 0.25) is 0 Å². The SMILES string of the molecule is CC1(C)[C@H]2C[C@@](C)(O)[C@@]1(C)C[C@H]2O. The Kier molecular flexibility index (Phi) is 1.54. The van der Waals surface area contributed by atoms with Gasteiger partial charge in [-0.2, -0.15) is 0 Å². The molecular weight excluding hydrogens is 164 g/mol. The molecule has 2 fully saturated rings. The fraction of sp³-hybridized carbons (Fsp3) is 1.00.